The second-order valence-electron chi connectivity index (χ2n) is 3.00. The van der Waals surface area contributed by atoms with Crippen LogP contribution in [0.15, 0.2) is 0 Å². The van der Waals surface area contributed by atoms with Gasteiger partial charge in [-0.1, -0.05) is 41.5 Å². The third kappa shape index (κ3) is 488. The molecular weight excluding hydrogens is 253 g/mol. The van der Waals surface area contributed by atoms with Gasteiger partial charge in [-0.05, 0) is 11.8 Å². The summed E-state index contributed by atoms with van der Waals surface area (Å²) in [4.78, 5) is 0. The third-order valence-electron chi connectivity index (χ3n) is 0. The monoisotopic (exact) mass is 270 g/mol. The molecular formula is C8H18ClSb-. The van der Waals surface area contributed by atoms with Crippen molar-refractivity contribution in [2.24, 2.45) is 0 Å². The van der Waals surface area contributed by atoms with E-state index in [9.17, 15) is 0 Å². The molecule has 5 radical (unpaired) electrons. The van der Waals surface area contributed by atoms with Gasteiger partial charge in [-0.25, -0.2) is 0 Å². The van der Waals surface area contributed by atoms with Gasteiger partial charge in [0, 0.05) is 24.4 Å². The van der Waals surface area contributed by atoms with Crippen molar-refractivity contribution in [3.63, 3.8) is 0 Å². The van der Waals surface area contributed by atoms with Crippen LogP contribution in [0.2, 0.25) is 0 Å². The Balaban J connectivity index is -0.0000000300. The molecule has 0 aromatic heterocycles. The molecule has 0 aliphatic carbocycles. The molecule has 0 spiro atoms. The normalized spacial score (nSPS) is 7.20. The summed E-state index contributed by atoms with van der Waals surface area (Å²) in [6.07, 6.45) is 0. The van der Waals surface area contributed by atoms with Gasteiger partial charge in [0.15, 0.2) is 0 Å². The topological polar surface area (TPSA) is 0 Å². The average molecular weight is 271 g/mol. The van der Waals surface area contributed by atoms with Crippen molar-refractivity contribution in [1.29, 1.82) is 0 Å². The molecule has 0 unspecified atom stereocenters. The van der Waals surface area contributed by atoms with E-state index in [1.54, 1.807) is 0 Å². The number of hydrogen-bond donors (Lipinski definition) is 0. The average Bonchev–Trinajstić information content (AvgIpc) is 1.25. The molecule has 0 N–H and O–H groups in total. The van der Waals surface area contributed by atoms with Crippen molar-refractivity contribution < 1.29 is 12.4 Å². The molecule has 2 heteroatoms. The summed E-state index contributed by atoms with van der Waals surface area (Å²) in [5, 5.41) is 0. The minimum atomic E-state index is 0. The quantitative estimate of drug-likeness (QED) is 0.538. The summed E-state index contributed by atoms with van der Waals surface area (Å²) in [6.45, 7) is 12.5. The fourth-order valence-corrected chi connectivity index (χ4v) is 0. The van der Waals surface area contributed by atoms with Crippen molar-refractivity contribution in [3.05, 3.63) is 11.8 Å². The Morgan fingerprint density at radius 3 is 0.600 bits per heavy atom. The second-order valence-corrected chi connectivity index (χ2v) is 3.00. The molecule has 0 rings (SSSR count). The van der Waals surface area contributed by atoms with E-state index in [1.165, 1.54) is 11.8 Å². The molecule has 10 heavy (non-hydrogen) atoms. The maximum absolute atomic E-state index is 2.08. The van der Waals surface area contributed by atoms with Crippen molar-refractivity contribution in [3.8, 4) is 0 Å². The molecule has 0 saturated heterocycles. The first kappa shape index (κ1) is 22.5. The first-order valence-corrected chi connectivity index (χ1v) is 3.00. The van der Waals surface area contributed by atoms with Crippen LogP contribution in [0.25, 0.3) is 0 Å². The fraction of sp³-hybridized carbons (Fsp3) is 0.750. The van der Waals surface area contributed by atoms with Gasteiger partial charge in [-0.3, -0.25) is 0 Å². The zero-order chi connectivity index (χ0) is 7.15. The van der Waals surface area contributed by atoms with E-state index < -0.39 is 0 Å². The minimum absolute atomic E-state index is 0. The number of hydrogen-bond acceptors (Lipinski definition) is 0. The first-order chi connectivity index (χ1) is 3.46. The van der Waals surface area contributed by atoms with Crippen LogP contribution < -0.4 is 12.4 Å². The van der Waals surface area contributed by atoms with Crippen molar-refractivity contribution in [2.45, 2.75) is 41.5 Å². The molecule has 0 amide bonds. The molecule has 0 aromatic rings. The predicted molar refractivity (Wildman–Crippen MR) is 46.3 cm³/mol. The van der Waals surface area contributed by atoms with Crippen LogP contribution in [0.1, 0.15) is 41.5 Å². The summed E-state index contributed by atoms with van der Waals surface area (Å²) in [6, 6.07) is 0. The summed E-state index contributed by atoms with van der Waals surface area (Å²) < 4.78 is 0. The Hall–Kier alpha value is 1.11. The van der Waals surface area contributed by atoms with Crippen LogP contribution in [0.5, 0.6) is 0 Å². The molecule has 0 aromatic carbocycles. The SMILES string of the molecule is C[C](C)C.C[C](C)C.[Cl-].[Sb]. The van der Waals surface area contributed by atoms with Crippen molar-refractivity contribution in [2.75, 3.05) is 0 Å². The van der Waals surface area contributed by atoms with Gasteiger partial charge in [0.2, 0.25) is 0 Å². The van der Waals surface area contributed by atoms with Crippen LogP contribution >= 0.6 is 0 Å². The van der Waals surface area contributed by atoms with Gasteiger partial charge < -0.3 is 12.4 Å². The Labute approximate surface area is 90.0 Å². The zero-order valence-electron chi connectivity index (χ0n) is 7.83. The Morgan fingerprint density at radius 1 is 0.600 bits per heavy atom. The van der Waals surface area contributed by atoms with Gasteiger partial charge >= 0.3 is 0 Å². The molecule has 0 aliphatic rings. The fourth-order valence-electron chi connectivity index (χ4n) is 0. The van der Waals surface area contributed by atoms with Crippen LogP contribution in [-0.2, 0) is 0 Å². The van der Waals surface area contributed by atoms with Crippen LogP contribution in [0, 0.1) is 11.8 Å². The maximum Gasteiger partial charge on any atom is 0 e. The summed E-state index contributed by atoms with van der Waals surface area (Å²) in [7, 11) is 0. The van der Waals surface area contributed by atoms with Crippen LogP contribution in [0.3, 0.4) is 0 Å². The van der Waals surface area contributed by atoms with E-state index in [0.717, 1.165) is 0 Å². The summed E-state index contributed by atoms with van der Waals surface area (Å²) in [5.74, 6) is 2.83. The minimum Gasteiger partial charge on any atom is -1.00 e. The van der Waals surface area contributed by atoms with Crippen molar-refractivity contribution in [1.82, 2.24) is 0 Å². The van der Waals surface area contributed by atoms with Crippen molar-refractivity contribution >= 4 is 24.4 Å². The molecule has 0 bridgehead atoms. The molecule has 0 atom stereocenters. The van der Waals surface area contributed by atoms with Gasteiger partial charge in [-0.2, -0.15) is 0 Å². The van der Waals surface area contributed by atoms with E-state index in [2.05, 4.69) is 41.5 Å². The molecule has 0 nitrogen and oxygen atoms in total. The summed E-state index contributed by atoms with van der Waals surface area (Å²) >= 11 is 0. The molecule has 0 aliphatic heterocycles. The van der Waals surface area contributed by atoms with Gasteiger partial charge in [-0.15, -0.1) is 0 Å². The Kier molecular flexibility index (Phi) is 37.3. The van der Waals surface area contributed by atoms with E-state index in [1.807, 2.05) is 0 Å². The third-order valence-corrected chi connectivity index (χ3v) is 0. The van der Waals surface area contributed by atoms with E-state index >= 15 is 0 Å². The van der Waals surface area contributed by atoms with Gasteiger partial charge in [0.1, 0.15) is 0 Å². The largest absolute Gasteiger partial charge is 1.00 e. The number of rotatable bonds is 0. The molecule has 63 valence electrons. The maximum atomic E-state index is 2.08. The summed E-state index contributed by atoms with van der Waals surface area (Å²) in [5.41, 5.74) is 0. The standard InChI is InChI=1S/2C4H9.ClH.Sb/c2*1-4(2)3;;/h2*1-3H3;1H;/p-1. The smallest absolute Gasteiger partial charge is 0 e. The van der Waals surface area contributed by atoms with E-state index in [0.29, 0.717) is 0 Å². The molecule has 0 fully saturated rings. The van der Waals surface area contributed by atoms with Crippen LogP contribution in [0.4, 0.5) is 0 Å². The predicted octanol–water partition coefficient (Wildman–Crippen LogP) is -0.136. The van der Waals surface area contributed by atoms with E-state index in [4.69, 9.17) is 0 Å². The zero-order valence-corrected chi connectivity index (χ0v) is 11.1. The molecule has 0 saturated carbocycles. The van der Waals surface area contributed by atoms with Gasteiger partial charge in [0.25, 0.3) is 0 Å². The van der Waals surface area contributed by atoms with Crippen LogP contribution in [-0.4, -0.2) is 24.4 Å². The second kappa shape index (κ2) is 16.6. The Bertz CT molecular complexity index is 24.7. The van der Waals surface area contributed by atoms with Gasteiger partial charge in [0.05, 0.1) is 0 Å². The Morgan fingerprint density at radius 2 is 0.600 bits per heavy atom. The first-order valence-electron chi connectivity index (χ1n) is 3.00. The number of halogens is 1. The molecule has 0 heterocycles. The van der Waals surface area contributed by atoms with E-state index in [-0.39, 0.29) is 36.8 Å².